The molecule has 2 fully saturated rings. The third-order valence-electron chi connectivity index (χ3n) is 3.85. The van der Waals surface area contributed by atoms with E-state index >= 15 is 0 Å². The third kappa shape index (κ3) is 3.65. The van der Waals surface area contributed by atoms with Crippen LogP contribution in [0.4, 0.5) is 5.82 Å². The molecule has 2 aliphatic rings. The number of nitrogens with one attached hydrogen (secondary N) is 2. The van der Waals surface area contributed by atoms with Crippen molar-refractivity contribution in [2.45, 2.75) is 18.9 Å². The summed E-state index contributed by atoms with van der Waals surface area (Å²) in [6, 6.07) is 4.50. The number of anilines is 1. The Morgan fingerprint density at radius 2 is 2.09 bits per heavy atom. The molecule has 0 aromatic carbocycles. The van der Waals surface area contributed by atoms with Gasteiger partial charge in [0.15, 0.2) is 0 Å². The fourth-order valence-corrected chi connectivity index (χ4v) is 2.58. The number of piperidine rings is 1. The van der Waals surface area contributed by atoms with Crippen molar-refractivity contribution in [3.8, 4) is 0 Å². The van der Waals surface area contributed by atoms with E-state index in [0.29, 0.717) is 25.5 Å². The van der Waals surface area contributed by atoms with Crippen LogP contribution in [0, 0.1) is 0 Å². The Morgan fingerprint density at radius 3 is 2.83 bits per heavy atom. The van der Waals surface area contributed by atoms with Gasteiger partial charge in [-0.1, -0.05) is 6.07 Å². The molecule has 0 bridgehead atoms. The molecule has 23 heavy (non-hydrogen) atoms. The van der Waals surface area contributed by atoms with Crippen molar-refractivity contribution in [2.24, 2.45) is 0 Å². The van der Waals surface area contributed by atoms with Gasteiger partial charge < -0.3 is 15.0 Å². The Kier molecular flexibility index (Phi) is 4.52. The van der Waals surface area contributed by atoms with Crippen LogP contribution in [0.1, 0.15) is 23.3 Å². The van der Waals surface area contributed by atoms with Crippen LogP contribution in [0.5, 0.6) is 0 Å². The Labute approximate surface area is 133 Å². The van der Waals surface area contributed by atoms with Crippen molar-refractivity contribution in [2.75, 3.05) is 31.2 Å². The number of hydrogen-bond acceptors (Lipinski definition) is 6. The molecule has 8 heteroatoms. The number of carbonyl (C=O) groups excluding carboxylic acids is 3. The molecule has 122 valence electrons. The zero-order chi connectivity index (χ0) is 16.2. The highest BCUT2D eigenvalue weighted by Gasteiger charge is 2.28. The minimum absolute atomic E-state index is 0.220. The summed E-state index contributed by atoms with van der Waals surface area (Å²) in [6.45, 7) is 2.72. The second-order valence-corrected chi connectivity index (χ2v) is 5.46. The van der Waals surface area contributed by atoms with Gasteiger partial charge in [-0.05, 0) is 18.6 Å². The molecule has 3 rings (SSSR count). The van der Waals surface area contributed by atoms with E-state index in [1.165, 1.54) is 0 Å². The van der Waals surface area contributed by atoms with Gasteiger partial charge >= 0.3 is 0 Å². The molecule has 1 aromatic heterocycles. The van der Waals surface area contributed by atoms with Gasteiger partial charge in [-0.25, -0.2) is 4.98 Å². The predicted octanol–water partition coefficient (Wildman–Crippen LogP) is -0.547. The molecular formula is C15H18N4O4. The first-order chi connectivity index (χ1) is 11.1. The lowest BCUT2D eigenvalue weighted by Gasteiger charge is -2.28. The van der Waals surface area contributed by atoms with E-state index in [9.17, 15) is 14.4 Å². The molecule has 0 saturated carbocycles. The summed E-state index contributed by atoms with van der Waals surface area (Å²) >= 11 is 0. The van der Waals surface area contributed by atoms with E-state index < -0.39 is 17.9 Å². The maximum atomic E-state index is 12.3. The highest BCUT2D eigenvalue weighted by Crippen LogP contribution is 2.14. The van der Waals surface area contributed by atoms with E-state index in [2.05, 4.69) is 15.6 Å². The molecule has 1 atom stereocenters. The Hall–Kier alpha value is -2.48. The number of carbonyl (C=O) groups is 3. The minimum Gasteiger partial charge on any atom is -0.378 e. The summed E-state index contributed by atoms with van der Waals surface area (Å²) in [5, 5.41) is 4.84. The van der Waals surface area contributed by atoms with Gasteiger partial charge in [0.05, 0.1) is 13.2 Å². The van der Waals surface area contributed by atoms with Crippen molar-refractivity contribution in [1.29, 1.82) is 0 Å². The van der Waals surface area contributed by atoms with Gasteiger partial charge in [-0.15, -0.1) is 0 Å². The molecule has 2 N–H and O–H groups in total. The van der Waals surface area contributed by atoms with E-state index in [-0.39, 0.29) is 18.0 Å². The number of pyridine rings is 1. The predicted molar refractivity (Wildman–Crippen MR) is 80.9 cm³/mol. The van der Waals surface area contributed by atoms with Crippen LogP contribution < -0.4 is 15.5 Å². The maximum Gasteiger partial charge on any atom is 0.270 e. The first-order valence-corrected chi connectivity index (χ1v) is 7.58. The fraction of sp³-hybridized carbons (Fsp3) is 0.467. The summed E-state index contributed by atoms with van der Waals surface area (Å²) in [4.78, 5) is 41.5. The number of amides is 3. The largest absolute Gasteiger partial charge is 0.378 e. The minimum atomic E-state index is -0.700. The van der Waals surface area contributed by atoms with Crippen LogP contribution in [-0.2, 0) is 14.3 Å². The van der Waals surface area contributed by atoms with Gasteiger partial charge in [-0.3, -0.25) is 19.7 Å². The summed E-state index contributed by atoms with van der Waals surface area (Å²) in [6.07, 6.45) is 0.525. The summed E-state index contributed by atoms with van der Waals surface area (Å²) in [5.41, 5.74) is 0.249. The smallest absolute Gasteiger partial charge is 0.270 e. The maximum absolute atomic E-state index is 12.3. The molecule has 2 saturated heterocycles. The van der Waals surface area contributed by atoms with Gasteiger partial charge in [0.2, 0.25) is 11.8 Å². The first kappa shape index (κ1) is 15.4. The molecule has 2 aliphatic heterocycles. The normalized spacial score (nSPS) is 21.7. The van der Waals surface area contributed by atoms with Crippen molar-refractivity contribution >= 4 is 23.5 Å². The molecule has 1 aromatic rings. The first-order valence-electron chi connectivity index (χ1n) is 7.58. The zero-order valence-corrected chi connectivity index (χ0v) is 12.6. The Morgan fingerprint density at radius 1 is 1.30 bits per heavy atom. The highest BCUT2D eigenvalue weighted by molar-refractivity contribution is 6.03. The van der Waals surface area contributed by atoms with Gasteiger partial charge in [0.25, 0.3) is 5.91 Å². The van der Waals surface area contributed by atoms with E-state index in [1.54, 1.807) is 12.1 Å². The molecular weight excluding hydrogens is 300 g/mol. The molecule has 3 heterocycles. The van der Waals surface area contributed by atoms with Crippen molar-refractivity contribution in [3.05, 3.63) is 23.9 Å². The Bertz CT molecular complexity index is 628. The SMILES string of the molecule is O=C1CCC(NC(=O)c2cccc(N3CCOCC3)n2)C(=O)N1. The third-order valence-corrected chi connectivity index (χ3v) is 3.85. The number of aromatic nitrogens is 1. The number of imide groups is 1. The number of ether oxygens (including phenoxy) is 1. The van der Waals surface area contributed by atoms with Crippen molar-refractivity contribution < 1.29 is 19.1 Å². The van der Waals surface area contributed by atoms with Gasteiger partial charge in [0.1, 0.15) is 17.6 Å². The van der Waals surface area contributed by atoms with Crippen LogP contribution in [0.2, 0.25) is 0 Å². The lowest BCUT2D eigenvalue weighted by atomic mass is 10.1. The number of hydrogen-bond donors (Lipinski definition) is 2. The molecule has 3 amide bonds. The number of rotatable bonds is 3. The van der Waals surface area contributed by atoms with Crippen LogP contribution in [-0.4, -0.2) is 55.1 Å². The topological polar surface area (TPSA) is 101 Å². The molecule has 1 unspecified atom stereocenters. The van der Waals surface area contributed by atoms with Crippen LogP contribution >= 0.6 is 0 Å². The Balaban J connectivity index is 1.67. The molecule has 0 aliphatic carbocycles. The lowest BCUT2D eigenvalue weighted by Crippen LogP contribution is -2.52. The quantitative estimate of drug-likeness (QED) is 0.726. The summed E-state index contributed by atoms with van der Waals surface area (Å²) in [5.74, 6) is -0.495. The standard InChI is InChI=1S/C15H18N4O4/c20-13-5-4-11(15(22)18-13)17-14(21)10-2-1-3-12(16-10)19-6-8-23-9-7-19/h1-3,11H,4-9H2,(H,17,21)(H,18,20,22). The van der Waals surface area contributed by atoms with E-state index in [4.69, 9.17) is 4.74 Å². The number of morpholine rings is 1. The van der Waals surface area contributed by atoms with Gasteiger partial charge in [0, 0.05) is 19.5 Å². The highest BCUT2D eigenvalue weighted by atomic mass is 16.5. The zero-order valence-electron chi connectivity index (χ0n) is 12.6. The average molecular weight is 318 g/mol. The van der Waals surface area contributed by atoms with Crippen LogP contribution in [0.15, 0.2) is 18.2 Å². The van der Waals surface area contributed by atoms with Gasteiger partial charge in [-0.2, -0.15) is 0 Å². The van der Waals surface area contributed by atoms with E-state index in [0.717, 1.165) is 13.1 Å². The fourth-order valence-electron chi connectivity index (χ4n) is 2.58. The van der Waals surface area contributed by atoms with Crippen LogP contribution in [0.25, 0.3) is 0 Å². The molecule has 8 nitrogen and oxygen atoms in total. The van der Waals surface area contributed by atoms with Crippen molar-refractivity contribution in [1.82, 2.24) is 15.6 Å². The molecule has 0 radical (unpaired) electrons. The van der Waals surface area contributed by atoms with E-state index in [1.807, 2.05) is 11.0 Å². The summed E-state index contributed by atoms with van der Waals surface area (Å²) in [7, 11) is 0. The molecule has 0 spiro atoms. The monoisotopic (exact) mass is 318 g/mol. The lowest BCUT2D eigenvalue weighted by molar-refractivity contribution is -0.134. The van der Waals surface area contributed by atoms with Crippen molar-refractivity contribution in [3.63, 3.8) is 0 Å². The second-order valence-electron chi connectivity index (χ2n) is 5.46. The second kappa shape index (κ2) is 6.74. The van der Waals surface area contributed by atoms with Crippen LogP contribution in [0.3, 0.4) is 0 Å². The summed E-state index contributed by atoms with van der Waals surface area (Å²) < 4.78 is 5.30. The average Bonchev–Trinajstić information content (AvgIpc) is 2.58. The number of nitrogens with zero attached hydrogens (tertiary/aromatic N) is 2.